The zero-order valence-corrected chi connectivity index (χ0v) is 21.2. The van der Waals surface area contributed by atoms with Crippen LogP contribution in [0.15, 0.2) is 23.8 Å². The van der Waals surface area contributed by atoms with Crippen LogP contribution in [-0.2, 0) is 18.9 Å². The average Bonchev–Trinajstić information content (AvgIpc) is 2.70. The molecule has 12 heteroatoms. The van der Waals surface area contributed by atoms with Crippen LogP contribution < -0.4 is 0 Å². The Kier molecular flexibility index (Phi) is 12.8. The molecule has 0 spiro atoms. The molecular formula is C23H39O11P. The van der Waals surface area contributed by atoms with Crippen LogP contribution in [0.1, 0.15) is 59.3 Å². The van der Waals surface area contributed by atoms with E-state index in [1.54, 1.807) is 0 Å². The van der Waals surface area contributed by atoms with Gasteiger partial charge in [0.15, 0.2) is 0 Å². The Balaban J connectivity index is 0.00000111. The van der Waals surface area contributed by atoms with Gasteiger partial charge in [-0.05, 0) is 43.1 Å². The first-order chi connectivity index (χ1) is 16.1. The van der Waals surface area contributed by atoms with Crippen LogP contribution in [0.25, 0.3) is 0 Å². The monoisotopic (exact) mass is 522 g/mol. The number of allylic oxidation sites excluding steroid dienone is 2. The number of aliphatic hydroxyl groups is 3. The maximum Gasteiger partial charge on any atom is 0.466 e. The van der Waals surface area contributed by atoms with Gasteiger partial charge in [0.25, 0.3) is 0 Å². The predicted molar refractivity (Wildman–Crippen MR) is 126 cm³/mol. The molecule has 202 valence electrons. The van der Waals surface area contributed by atoms with Gasteiger partial charge in [0, 0.05) is 12.3 Å². The molecule has 0 amide bonds. The molecule has 8 atom stereocenters. The molecule has 2 aliphatic carbocycles. The Morgan fingerprint density at radius 1 is 1.20 bits per heavy atom. The van der Waals surface area contributed by atoms with E-state index in [-0.39, 0.29) is 42.5 Å². The lowest BCUT2D eigenvalue weighted by Gasteiger charge is -2.43. The Hall–Kier alpha value is -1.59. The zero-order chi connectivity index (χ0) is 26.9. The van der Waals surface area contributed by atoms with Gasteiger partial charge in [-0.2, -0.15) is 0 Å². The normalized spacial score (nSPS) is 28.5. The van der Waals surface area contributed by atoms with Gasteiger partial charge in [0.2, 0.25) is 0 Å². The van der Waals surface area contributed by atoms with E-state index in [1.165, 1.54) is 0 Å². The van der Waals surface area contributed by atoms with E-state index < -0.39 is 38.2 Å². The van der Waals surface area contributed by atoms with Crippen molar-refractivity contribution in [2.75, 3.05) is 0 Å². The topological polar surface area (TPSA) is 202 Å². The highest BCUT2D eigenvalue weighted by atomic mass is 31.2. The van der Waals surface area contributed by atoms with Gasteiger partial charge >= 0.3 is 19.8 Å². The van der Waals surface area contributed by atoms with Crippen molar-refractivity contribution in [1.29, 1.82) is 0 Å². The second kappa shape index (κ2) is 14.2. The fourth-order valence-corrected chi connectivity index (χ4v) is 4.52. The van der Waals surface area contributed by atoms with E-state index in [4.69, 9.17) is 29.1 Å². The smallest absolute Gasteiger partial charge is 0.466 e. The molecule has 0 aromatic rings. The van der Waals surface area contributed by atoms with Crippen molar-refractivity contribution in [3.8, 4) is 0 Å². The Labute approximate surface area is 205 Å². The van der Waals surface area contributed by atoms with Crippen molar-refractivity contribution in [3.05, 3.63) is 23.8 Å². The summed E-state index contributed by atoms with van der Waals surface area (Å²) in [7, 11) is -4.64. The maximum absolute atomic E-state index is 12.4. The van der Waals surface area contributed by atoms with Crippen LogP contribution in [0.2, 0.25) is 0 Å². The Bertz CT molecular complexity index is 797. The lowest BCUT2D eigenvalue weighted by atomic mass is 9.66. The fraction of sp³-hybridized carbons (Fsp3) is 0.739. The second-order valence-electron chi connectivity index (χ2n) is 9.39. The van der Waals surface area contributed by atoms with Crippen LogP contribution in [0.3, 0.4) is 0 Å². The standard InChI is InChI=1S/C23H36O7.H3O4P/c1-4-13(2)23(29)30-20-11-17(25)9-15-6-5-14(3)19(22(15)20)8-7-16(24)10-18(26)12-21(27)28;1-5(2,3)4/h5-6,9,13-14,16-20,22,24-26H,4,7-8,10-12H2,1-3H3,(H,27,28);(H3,1,2,3,4)/t13-,14-,16+,17+,18+,19-,20-,22-;/m0./s1. The molecule has 0 unspecified atom stereocenters. The Morgan fingerprint density at radius 2 is 1.80 bits per heavy atom. The number of hydrogen-bond acceptors (Lipinski definition) is 7. The summed E-state index contributed by atoms with van der Waals surface area (Å²) in [6, 6.07) is 0. The molecule has 0 bridgehead atoms. The molecule has 2 rings (SSSR count). The van der Waals surface area contributed by atoms with Gasteiger partial charge in [0.1, 0.15) is 6.10 Å². The van der Waals surface area contributed by atoms with Crippen LogP contribution in [0.5, 0.6) is 0 Å². The van der Waals surface area contributed by atoms with Crippen LogP contribution in [0.4, 0.5) is 0 Å². The van der Waals surface area contributed by atoms with Crippen LogP contribution in [0, 0.1) is 23.7 Å². The minimum Gasteiger partial charge on any atom is -0.481 e. The molecule has 0 aromatic heterocycles. The number of rotatable bonds is 10. The van der Waals surface area contributed by atoms with Crippen molar-refractivity contribution in [1.82, 2.24) is 0 Å². The number of aliphatic carboxylic acids is 1. The van der Waals surface area contributed by atoms with Crippen LogP contribution >= 0.6 is 7.82 Å². The van der Waals surface area contributed by atoms with E-state index in [9.17, 15) is 24.9 Å². The minimum atomic E-state index is -4.64. The fourth-order valence-electron chi connectivity index (χ4n) is 4.52. The van der Waals surface area contributed by atoms with Crippen molar-refractivity contribution in [2.45, 2.75) is 83.7 Å². The number of carbonyl (C=O) groups is 2. The maximum atomic E-state index is 12.4. The van der Waals surface area contributed by atoms with Gasteiger partial charge in [-0.1, -0.05) is 39.0 Å². The third-order valence-corrected chi connectivity index (χ3v) is 6.44. The molecule has 2 aliphatic rings. The van der Waals surface area contributed by atoms with Gasteiger partial charge in [-0.3, -0.25) is 9.59 Å². The average molecular weight is 523 g/mol. The van der Waals surface area contributed by atoms with Crippen molar-refractivity contribution in [3.63, 3.8) is 0 Å². The highest BCUT2D eigenvalue weighted by Crippen LogP contribution is 2.44. The summed E-state index contributed by atoms with van der Waals surface area (Å²) < 4.78 is 14.7. The number of aliphatic hydroxyl groups excluding tert-OH is 3. The van der Waals surface area contributed by atoms with Gasteiger partial charge in [0.05, 0.1) is 30.7 Å². The summed E-state index contributed by atoms with van der Waals surface area (Å²) in [5, 5.41) is 39.1. The summed E-state index contributed by atoms with van der Waals surface area (Å²) in [5.74, 6) is -1.31. The lowest BCUT2D eigenvalue weighted by molar-refractivity contribution is -0.159. The lowest BCUT2D eigenvalue weighted by Crippen LogP contribution is -2.43. The first kappa shape index (κ1) is 31.4. The molecule has 0 radical (unpaired) electrons. The predicted octanol–water partition coefficient (Wildman–Crippen LogP) is 1.51. The molecule has 7 N–H and O–H groups in total. The highest BCUT2D eigenvalue weighted by molar-refractivity contribution is 7.45. The van der Waals surface area contributed by atoms with Crippen molar-refractivity contribution >= 4 is 19.8 Å². The first-order valence-corrected chi connectivity index (χ1v) is 13.3. The summed E-state index contributed by atoms with van der Waals surface area (Å²) >= 11 is 0. The molecule has 0 heterocycles. The largest absolute Gasteiger partial charge is 0.481 e. The molecule has 0 fully saturated rings. The summed E-state index contributed by atoms with van der Waals surface area (Å²) in [6.45, 7) is 5.85. The van der Waals surface area contributed by atoms with E-state index in [1.807, 2.05) is 26.0 Å². The highest BCUT2D eigenvalue weighted by Gasteiger charge is 2.42. The number of esters is 1. The van der Waals surface area contributed by atoms with E-state index >= 15 is 0 Å². The summed E-state index contributed by atoms with van der Waals surface area (Å²) in [5.41, 5.74) is 0.958. The summed E-state index contributed by atoms with van der Waals surface area (Å²) in [4.78, 5) is 44.7. The zero-order valence-electron chi connectivity index (χ0n) is 20.3. The van der Waals surface area contributed by atoms with Gasteiger partial charge in [-0.25, -0.2) is 4.57 Å². The number of fused-ring (bicyclic) bond motifs is 1. The number of carboxylic acids is 1. The van der Waals surface area contributed by atoms with Gasteiger partial charge < -0.3 is 39.8 Å². The molecule has 0 saturated heterocycles. The number of carboxylic acid groups (broad SMARTS) is 1. The van der Waals surface area contributed by atoms with E-state index in [2.05, 4.69) is 13.0 Å². The number of ether oxygens (including phenoxy) is 1. The number of hydrogen-bond donors (Lipinski definition) is 7. The SMILES string of the molecule is CC[C@H](C)C(=O)O[C@H]1C[C@H](O)C=C2C=C[C@H](C)[C@H](CC[C@@H](O)C[C@@H](O)CC(=O)O)[C@H]21.O=P(O)(O)O. The second-order valence-corrected chi connectivity index (χ2v) is 10.4. The molecular weight excluding hydrogens is 483 g/mol. The first-order valence-electron chi connectivity index (χ1n) is 11.8. The van der Waals surface area contributed by atoms with Gasteiger partial charge in [-0.15, -0.1) is 0 Å². The molecule has 0 aromatic carbocycles. The van der Waals surface area contributed by atoms with Crippen molar-refractivity contribution < 1.29 is 54.0 Å². The van der Waals surface area contributed by atoms with Crippen LogP contribution in [-0.4, -0.2) is 71.5 Å². The van der Waals surface area contributed by atoms with E-state index in [0.717, 1.165) is 5.57 Å². The molecule has 11 nitrogen and oxygen atoms in total. The minimum absolute atomic E-state index is 0.0156. The molecule has 35 heavy (non-hydrogen) atoms. The number of phosphoric acid groups is 1. The third-order valence-electron chi connectivity index (χ3n) is 6.44. The van der Waals surface area contributed by atoms with E-state index in [0.29, 0.717) is 25.7 Å². The molecule has 0 aliphatic heterocycles. The third kappa shape index (κ3) is 11.8. The Morgan fingerprint density at radius 3 is 2.34 bits per heavy atom. The number of carbonyl (C=O) groups excluding carboxylic acids is 1. The summed E-state index contributed by atoms with van der Waals surface area (Å²) in [6.07, 6.45) is 4.64. The van der Waals surface area contributed by atoms with Crippen molar-refractivity contribution in [2.24, 2.45) is 23.7 Å². The quantitative estimate of drug-likeness (QED) is 0.162. The molecule has 0 saturated carbocycles.